The average Bonchev–Trinajstić information content (AvgIpc) is 2.52. The van der Waals surface area contributed by atoms with Gasteiger partial charge in [-0.2, -0.15) is 0 Å². The fraction of sp³-hybridized carbons (Fsp3) is 0.316. The normalized spacial score (nSPS) is 11.7. The molecule has 2 rings (SSSR count). The molecule has 0 bridgehead atoms. The quantitative estimate of drug-likeness (QED) is 0.752. The van der Waals surface area contributed by atoms with Gasteiger partial charge in [0.05, 0.1) is 13.0 Å². The molecular formula is C19H21ClF3NO2. The molecule has 0 saturated carbocycles. The Kier molecular flexibility index (Phi) is 7.66. The van der Waals surface area contributed by atoms with Gasteiger partial charge in [-0.05, 0) is 44.0 Å². The number of hydrogen-bond acceptors (Lipinski definition) is 3. The van der Waals surface area contributed by atoms with E-state index in [1.165, 1.54) is 25.1 Å². The number of rotatable bonds is 5. The number of carbonyl (C=O) groups is 1. The van der Waals surface area contributed by atoms with Crippen LogP contribution in [0.1, 0.15) is 36.1 Å². The van der Waals surface area contributed by atoms with Crippen LogP contribution in [0.2, 0.25) is 0 Å². The van der Waals surface area contributed by atoms with Gasteiger partial charge in [0.15, 0.2) is 0 Å². The summed E-state index contributed by atoms with van der Waals surface area (Å²) in [5.41, 5.74) is 6.00. The van der Waals surface area contributed by atoms with Gasteiger partial charge in [0.25, 0.3) is 0 Å². The van der Waals surface area contributed by atoms with Crippen LogP contribution in [0.4, 0.5) is 13.2 Å². The standard InChI is InChI=1S/C19H20F3NO2.ClH/c1-4-25-15(24)9-14(23)17-18(21)11(3)8-12(19(17)22)16-10(2)6-5-7-13(16)20;/h5-8,14H,4,9,23H2,1-3H3;1H/t14-;/m0./s1. The molecule has 142 valence electrons. The van der Waals surface area contributed by atoms with Gasteiger partial charge in [-0.15, -0.1) is 12.4 Å². The third kappa shape index (κ3) is 4.37. The number of esters is 1. The second-order valence-corrected chi connectivity index (χ2v) is 5.83. The lowest BCUT2D eigenvalue weighted by Crippen LogP contribution is -2.20. The Bertz CT molecular complexity index is 792. The molecule has 2 N–H and O–H groups in total. The maximum atomic E-state index is 15.0. The second-order valence-electron chi connectivity index (χ2n) is 5.83. The van der Waals surface area contributed by atoms with Gasteiger partial charge < -0.3 is 10.5 Å². The number of aryl methyl sites for hydroxylation is 2. The molecule has 0 aromatic heterocycles. The van der Waals surface area contributed by atoms with Crippen molar-refractivity contribution in [1.82, 2.24) is 0 Å². The summed E-state index contributed by atoms with van der Waals surface area (Å²) in [7, 11) is 0. The lowest BCUT2D eigenvalue weighted by Gasteiger charge is -2.18. The maximum Gasteiger partial charge on any atom is 0.307 e. The van der Waals surface area contributed by atoms with Crippen LogP contribution in [0.5, 0.6) is 0 Å². The summed E-state index contributed by atoms with van der Waals surface area (Å²) in [5.74, 6) is -3.08. The first-order chi connectivity index (χ1) is 11.8. The molecule has 0 heterocycles. The van der Waals surface area contributed by atoms with E-state index in [0.717, 1.165) is 0 Å². The second kappa shape index (κ2) is 9.05. The fourth-order valence-corrected chi connectivity index (χ4v) is 2.78. The van der Waals surface area contributed by atoms with Crippen molar-refractivity contribution in [2.24, 2.45) is 5.73 Å². The zero-order valence-electron chi connectivity index (χ0n) is 14.7. The van der Waals surface area contributed by atoms with E-state index in [9.17, 15) is 13.6 Å². The van der Waals surface area contributed by atoms with Crippen LogP contribution in [0.15, 0.2) is 24.3 Å². The Morgan fingerprint density at radius 2 is 1.81 bits per heavy atom. The monoisotopic (exact) mass is 387 g/mol. The smallest absolute Gasteiger partial charge is 0.307 e. The Balaban J connectivity index is 0.00000338. The molecule has 0 aliphatic rings. The van der Waals surface area contributed by atoms with Gasteiger partial charge in [0.2, 0.25) is 0 Å². The third-order valence-corrected chi connectivity index (χ3v) is 3.97. The van der Waals surface area contributed by atoms with Gasteiger partial charge >= 0.3 is 5.97 Å². The highest BCUT2D eigenvalue weighted by atomic mass is 35.5. The van der Waals surface area contributed by atoms with Gasteiger partial charge in [-0.25, -0.2) is 13.2 Å². The fourth-order valence-electron chi connectivity index (χ4n) is 2.78. The van der Waals surface area contributed by atoms with Crippen molar-refractivity contribution >= 4 is 18.4 Å². The van der Waals surface area contributed by atoms with E-state index in [4.69, 9.17) is 10.5 Å². The molecule has 0 saturated heterocycles. The first-order valence-corrected chi connectivity index (χ1v) is 7.93. The Morgan fingerprint density at radius 3 is 2.38 bits per heavy atom. The first-order valence-electron chi connectivity index (χ1n) is 7.93. The van der Waals surface area contributed by atoms with E-state index < -0.39 is 35.0 Å². The molecule has 0 aliphatic heterocycles. The zero-order valence-corrected chi connectivity index (χ0v) is 15.6. The topological polar surface area (TPSA) is 52.3 Å². The number of nitrogens with two attached hydrogens (primary N) is 1. The lowest BCUT2D eigenvalue weighted by molar-refractivity contribution is -0.143. The van der Waals surface area contributed by atoms with Gasteiger partial charge in [-0.1, -0.05) is 12.1 Å². The molecule has 2 aromatic carbocycles. The van der Waals surface area contributed by atoms with Crippen LogP contribution in [0.3, 0.4) is 0 Å². The highest BCUT2D eigenvalue weighted by Crippen LogP contribution is 2.35. The van der Waals surface area contributed by atoms with Crippen molar-refractivity contribution in [3.8, 4) is 11.1 Å². The lowest BCUT2D eigenvalue weighted by atomic mass is 9.92. The van der Waals surface area contributed by atoms with Crippen LogP contribution in [-0.2, 0) is 9.53 Å². The van der Waals surface area contributed by atoms with Crippen molar-refractivity contribution in [1.29, 1.82) is 0 Å². The Morgan fingerprint density at radius 1 is 1.15 bits per heavy atom. The first kappa shape index (κ1) is 22.0. The molecule has 0 unspecified atom stereocenters. The summed E-state index contributed by atoms with van der Waals surface area (Å²) >= 11 is 0. The van der Waals surface area contributed by atoms with Crippen LogP contribution >= 0.6 is 12.4 Å². The largest absolute Gasteiger partial charge is 0.466 e. The molecule has 26 heavy (non-hydrogen) atoms. The zero-order chi connectivity index (χ0) is 18.7. The number of ether oxygens (including phenoxy) is 1. The highest BCUT2D eigenvalue weighted by Gasteiger charge is 2.26. The minimum absolute atomic E-state index is 0. The SMILES string of the molecule is CCOC(=O)C[C@H](N)c1c(F)c(C)cc(-c2c(C)cccc2F)c1F.Cl. The molecule has 1 atom stereocenters. The molecule has 0 amide bonds. The number of halogens is 4. The summed E-state index contributed by atoms with van der Waals surface area (Å²) in [4.78, 5) is 11.6. The molecule has 3 nitrogen and oxygen atoms in total. The van der Waals surface area contributed by atoms with Crippen molar-refractivity contribution in [3.05, 3.63) is 58.4 Å². The minimum atomic E-state index is -1.23. The van der Waals surface area contributed by atoms with Gasteiger partial charge in [0.1, 0.15) is 17.5 Å². The molecular weight excluding hydrogens is 367 g/mol. The summed E-state index contributed by atoms with van der Waals surface area (Å²) in [6.45, 7) is 4.84. The van der Waals surface area contributed by atoms with Crippen molar-refractivity contribution in [2.75, 3.05) is 6.61 Å². The summed E-state index contributed by atoms with van der Waals surface area (Å²) in [5, 5.41) is 0. The van der Waals surface area contributed by atoms with Crippen molar-refractivity contribution < 1.29 is 22.7 Å². The summed E-state index contributed by atoms with van der Waals surface area (Å²) in [6.07, 6.45) is -0.374. The molecule has 2 aromatic rings. The molecule has 0 radical (unpaired) electrons. The van der Waals surface area contributed by atoms with Crippen LogP contribution in [-0.4, -0.2) is 12.6 Å². The summed E-state index contributed by atoms with van der Waals surface area (Å²) in [6, 6.07) is 4.37. The van der Waals surface area contributed by atoms with Gasteiger partial charge in [0, 0.05) is 22.7 Å². The van der Waals surface area contributed by atoms with E-state index in [-0.39, 0.29) is 42.1 Å². The van der Waals surface area contributed by atoms with Crippen LogP contribution in [0.25, 0.3) is 11.1 Å². The van der Waals surface area contributed by atoms with E-state index in [2.05, 4.69) is 0 Å². The Labute approximate surface area is 156 Å². The molecule has 7 heteroatoms. The number of hydrogen-bond donors (Lipinski definition) is 1. The van der Waals surface area contributed by atoms with E-state index in [0.29, 0.717) is 5.56 Å². The van der Waals surface area contributed by atoms with E-state index in [1.54, 1.807) is 19.9 Å². The van der Waals surface area contributed by atoms with Crippen LogP contribution < -0.4 is 5.73 Å². The minimum Gasteiger partial charge on any atom is -0.466 e. The molecule has 0 fully saturated rings. The Hall–Kier alpha value is -2.05. The van der Waals surface area contributed by atoms with Gasteiger partial charge in [-0.3, -0.25) is 4.79 Å². The molecule has 0 spiro atoms. The average molecular weight is 388 g/mol. The van der Waals surface area contributed by atoms with Crippen molar-refractivity contribution in [2.45, 2.75) is 33.2 Å². The van der Waals surface area contributed by atoms with E-state index >= 15 is 4.39 Å². The van der Waals surface area contributed by atoms with Crippen molar-refractivity contribution in [3.63, 3.8) is 0 Å². The predicted octanol–water partition coefficient (Wildman–Crippen LogP) is 4.76. The molecule has 0 aliphatic carbocycles. The third-order valence-electron chi connectivity index (χ3n) is 3.97. The van der Waals surface area contributed by atoms with Crippen LogP contribution in [0, 0.1) is 31.3 Å². The predicted molar refractivity (Wildman–Crippen MR) is 96.7 cm³/mol. The highest BCUT2D eigenvalue weighted by molar-refractivity contribution is 5.85. The number of carbonyl (C=O) groups excluding carboxylic acids is 1. The maximum absolute atomic E-state index is 15.0. The van der Waals surface area contributed by atoms with E-state index in [1.807, 2.05) is 0 Å². The number of benzene rings is 2. The summed E-state index contributed by atoms with van der Waals surface area (Å²) < 4.78 is 48.5.